The van der Waals surface area contributed by atoms with E-state index in [2.05, 4.69) is 15.6 Å². The maximum absolute atomic E-state index is 13.0. The molecule has 7 heteroatoms. The van der Waals surface area contributed by atoms with Crippen molar-refractivity contribution in [1.29, 1.82) is 0 Å². The molecule has 3 aromatic rings. The Labute approximate surface area is 153 Å². The van der Waals surface area contributed by atoms with Crippen LogP contribution in [0.25, 0.3) is 10.6 Å². The maximum atomic E-state index is 13.0. The lowest BCUT2D eigenvalue weighted by Gasteiger charge is -2.05. The number of hydrogen-bond acceptors (Lipinski definition) is 4. The predicted octanol–water partition coefficient (Wildman–Crippen LogP) is 3.49. The standard InChI is InChI=1S/C19H16FN3O2S/c1-21-17(24)10-12-2-8-15(9-3-12)22-18(25)16-11-26-19(23-16)13-4-6-14(20)7-5-13/h2-9,11H,10H2,1H3,(H,21,24)(H,22,25). The van der Waals surface area contributed by atoms with Gasteiger partial charge in [0.25, 0.3) is 5.91 Å². The summed E-state index contributed by atoms with van der Waals surface area (Å²) < 4.78 is 13.0. The topological polar surface area (TPSA) is 71.1 Å². The largest absolute Gasteiger partial charge is 0.359 e. The molecule has 0 aliphatic rings. The van der Waals surface area contributed by atoms with Crippen molar-refractivity contribution in [3.63, 3.8) is 0 Å². The average Bonchev–Trinajstić information content (AvgIpc) is 3.14. The number of rotatable bonds is 5. The highest BCUT2D eigenvalue weighted by molar-refractivity contribution is 7.13. The van der Waals surface area contributed by atoms with E-state index >= 15 is 0 Å². The molecule has 0 aliphatic carbocycles. The molecule has 0 aliphatic heterocycles. The first-order valence-electron chi connectivity index (χ1n) is 7.87. The van der Waals surface area contributed by atoms with Gasteiger partial charge in [-0.2, -0.15) is 0 Å². The zero-order valence-corrected chi connectivity index (χ0v) is 14.8. The van der Waals surface area contributed by atoms with Crippen molar-refractivity contribution in [2.24, 2.45) is 0 Å². The highest BCUT2D eigenvalue weighted by atomic mass is 32.1. The van der Waals surface area contributed by atoms with Crippen LogP contribution in [0.3, 0.4) is 0 Å². The molecule has 1 aromatic heterocycles. The minimum absolute atomic E-state index is 0.0717. The number of aromatic nitrogens is 1. The number of hydrogen-bond donors (Lipinski definition) is 2. The quantitative estimate of drug-likeness (QED) is 0.723. The molecular formula is C19H16FN3O2S. The van der Waals surface area contributed by atoms with Gasteiger partial charge in [0.15, 0.2) is 0 Å². The fourth-order valence-corrected chi connectivity index (χ4v) is 3.08. The van der Waals surface area contributed by atoms with E-state index in [4.69, 9.17) is 0 Å². The summed E-state index contributed by atoms with van der Waals surface area (Å²) in [5, 5.41) is 7.65. The molecule has 2 aromatic carbocycles. The first-order valence-corrected chi connectivity index (χ1v) is 8.75. The van der Waals surface area contributed by atoms with Crippen LogP contribution >= 0.6 is 11.3 Å². The van der Waals surface area contributed by atoms with Gasteiger partial charge in [0.2, 0.25) is 5.91 Å². The van der Waals surface area contributed by atoms with Gasteiger partial charge in [0.1, 0.15) is 16.5 Å². The van der Waals surface area contributed by atoms with Gasteiger partial charge in [0.05, 0.1) is 6.42 Å². The lowest BCUT2D eigenvalue weighted by Crippen LogP contribution is -2.19. The van der Waals surface area contributed by atoms with E-state index in [1.54, 1.807) is 48.8 Å². The van der Waals surface area contributed by atoms with Gasteiger partial charge in [-0.25, -0.2) is 9.37 Å². The van der Waals surface area contributed by atoms with Crippen LogP contribution in [0.15, 0.2) is 53.9 Å². The molecule has 3 rings (SSSR count). The molecule has 0 saturated heterocycles. The Kier molecular flexibility index (Phi) is 5.38. The van der Waals surface area contributed by atoms with Gasteiger partial charge in [-0.05, 0) is 42.0 Å². The number of benzene rings is 2. The van der Waals surface area contributed by atoms with Crippen LogP contribution in [0.2, 0.25) is 0 Å². The fraction of sp³-hybridized carbons (Fsp3) is 0.105. The number of likely N-dealkylation sites (N-methyl/N-ethyl adjacent to an activating group) is 1. The Hall–Kier alpha value is -3.06. The van der Waals surface area contributed by atoms with Gasteiger partial charge in [-0.3, -0.25) is 9.59 Å². The molecule has 1 heterocycles. The molecule has 0 fully saturated rings. The fourth-order valence-electron chi connectivity index (χ4n) is 2.28. The number of nitrogens with one attached hydrogen (secondary N) is 2. The van der Waals surface area contributed by atoms with Crippen LogP contribution in [0.5, 0.6) is 0 Å². The first-order chi connectivity index (χ1) is 12.5. The van der Waals surface area contributed by atoms with Gasteiger partial charge >= 0.3 is 0 Å². The van der Waals surface area contributed by atoms with E-state index in [0.29, 0.717) is 16.4 Å². The number of amides is 2. The first kappa shape index (κ1) is 17.8. The van der Waals surface area contributed by atoms with Gasteiger partial charge in [0, 0.05) is 23.7 Å². The van der Waals surface area contributed by atoms with Crippen molar-refractivity contribution in [2.45, 2.75) is 6.42 Å². The minimum atomic E-state index is -0.325. The average molecular weight is 369 g/mol. The van der Waals surface area contributed by atoms with E-state index in [1.807, 2.05) is 0 Å². The van der Waals surface area contributed by atoms with E-state index < -0.39 is 0 Å². The van der Waals surface area contributed by atoms with Crippen molar-refractivity contribution in [2.75, 3.05) is 12.4 Å². The van der Waals surface area contributed by atoms with Crippen LogP contribution < -0.4 is 10.6 Å². The smallest absolute Gasteiger partial charge is 0.275 e. The molecule has 132 valence electrons. The molecule has 5 nitrogen and oxygen atoms in total. The molecular weight excluding hydrogens is 353 g/mol. The van der Waals surface area contributed by atoms with Crippen LogP contribution in [0.1, 0.15) is 16.1 Å². The monoisotopic (exact) mass is 369 g/mol. The van der Waals surface area contributed by atoms with E-state index in [0.717, 1.165) is 11.1 Å². The highest BCUT2D eigenvalue weighted by Crippen LogP contribution is 2.24. The Morgan fingerprint density at radius 1 is 1.08 bits per heavy atom. The SMILES string of the molecule is CNC(=O)Cc1ccc(NC(=O)c2csc(-c3ccc(F)cc3)n2)cc1. The molecule has 0 unspecified atom stereocenters. The van der Waals surface area contributed by atoms with E-state index in [1.165, 1.54) is 23.5 Å². The van der Waals surface area contributed by atoms with Gasteiger partial charge < -0.3 is 10.6 Å². The van der Waals surface area contributed by atoms with Crippen molar-refractivity contribution in [1.82, 2.24) is 10.3 Å². The number of carbonyl (C=O) groups is 2. The highest BCUT2D eigenvalue weighted by Gasteiger charge is 2.12. The zero-order valence-electron chi connectivity index (χ0n) is 14.0. The number of halogens is 1. The molecule has 0 atom stereocenters. The summed E-state index contributed by atoms with van der Waals surface area (Å²) in [5.74, 6) is -0.714. The molecule has 0 bridgehead atoms. The summed E-state index contributed by atoms with van der Waals surface area (Å²) in [5.41, 5.74) is 2.53. The Morgan fingerprint density at radius 3 is 2.42 bits per heavy atom. The molecule has 26 heavy (non-hydrogen) atoms. The second-order valence-corrected chi connectivity index (χ2v) is 6.40. The Bertz CT molecular complexity index is 921. The third kappa shape index (κ3) is 4.31. The van der Waals surface area contributed by atoms with E-state index in [9.17, 15) is 14.0 Å². The molecule has 2 amide bonds. The van der Waals surface area contributed by atoms with Crippen molar-refractivity contribution in [3.05, 3.63) is 71.0 Å². The Balaban J connectivity index is 1.66. The lowest BCUT2D eigenvalue weighted by molar-refractivity contribution is -0.119. The number of thiazole rings is 1. The van der Waals surface area contributed by atoms with Crippen molar-refractivity contribution >= 4 is 28.8 Å². The summed E-state index contributed by atoms with van der Waals surface area (Å²) in [6.07, 6.45) is 0.290. The summed E-state index contributed by atoms with van der Waals surface area (Å²) in [6.45, 7) is 0. The summed E-state index contributed by atoms with van der Waals surface area (Å²) >= 11 is 1.32. The van der Waals surface area contributed by atoms with Crippen LogP contribution in [-0.2, 0) is 11.2 Å². The van der Waals surface area contributed by atoms with Gasteiger partial charge in [-0.15, -0.1) is 11.3 Å². The maximum Gasteiger partial charge on any atom is 0.275 e. The molecule has 2 N–H and O–H groups in total. The molecule has 0 radical (unpaired) electrons. The van der Waals surface area contributed by atoms with Crippen LogP contribution in [-0.4, -0.2) is 23.8 Å². The third-order valence-electron chi connectivity index (χ3n) is 3.68. The number of carbonyl (C=O) groups excluding carboxylic acids is 2. The normalized spacial score (nSPS) is 10.4. The second-order valence-electron chi connectivity index (χ2n) is 5.55. The van der Waals surface area contributed by atoms with Crippen LogP contribution in [0, 0.1) is 5.82 Å². The Morgan fingerprint density at radius 2 is 1.77 bits per heavy atom. The zero-order chi connectivity index (χ0) is 18.5. The van der Waals surface area contributed by atoms with Crippen molar-refractivity contribution in [3.8, 4) is 10.6 Å². The predicted molar refractivity (Wildman–Crippen MR) is 99.7 cm³/mol. The lowest BCUT2D eigenvalue weighted by atomic mass is 10.1. The van der Waals surface area contributed by atoms with Crippen LogP contribution in [0.4, 0.5) is 10.1 Å². The number of nitrogens with zero attached hydrogens (tertiary/aromatic N) is 1. The minimum Gasteiger partial charge on any atom is -0.359 e. The third-order valence-corrected chi connectivity index (χ3v) is 4.57. The number of anilines is 1. The molecule has 0 spiro atoms. The van der Waals surface area contributed by atoms with Crippen molar-refractivity contribution < 1.29 is 14.0 Å². The summed E-state index contributed by atoms with van der Waals surface area (Å²) in [6, 6.07) is 13.0. The summed E-state index contributed by atoms with van der Waals surface area (Å²) in [7, 11) is 1.59. The second kappa shape index (κ2) is 7.88. The summed E-state index contributed by atoms with van der Waals surface area (Å²) in [4.78, 5) is 28.0. The van der Waals surface area contributed by atoms with Gasteiger partial charge in [-0.1, -0.05) is 12.1 Å². The van der Waals surface area contributed by atoms with E-state index in [-0.39, 0.29) is 24.1 Å². The molecule has 0 saturated carbocycles.